The van der Waals surface area contributed by atoms with Crippen LogP contribution in [0.15, 0.2) is 24.4 Å². The molecular weight excluding hydrogens is 304 g/mol. The topological polar surface area (TPSA) is 69.0 Å². The number of nitrogens with zero attached hydrogens (tertiary/aromatic N) is 3. The van der Waals surface area contributed by atoms with Gasteiger partial charge in [0.2, 0.25) is 0 Å². The van der Waals surface area contributed by atoms with Gasteiger partial charge in [-0.15, -0.1) is 0 Å². The first-order chi connectivity index (χ1) is 11.5. The minimum atomic E-state index is -0.0819. The van der Waals surface area contributed by atoms with Crippen LogP contribution in [0.2, 0.25) is 0 Å². The third kappa shape index (κ3) is 3.82. The average molecular weight is 328 g/mol. The van der Waals surface area contributed by atoms with Crippen LogP contribution in [0.5, 0.6) is 0 Å². The molecule has 1 saturated heterocycles. The van der Waals surface area contributed by atoms with Crippen molar-refractivity contribution in [2.75, 3.05) is 13.2 Å². The lowest BCUT2D eigenvalue weighted by atomic mass is 9.96. The zero-order valence-electron chi connectivity index (χ0n) is 14.5. The first-order valence-electron chi connectivity index (χ1n) is 8.42. The van der Waals surface area contributed by atoms with Crippen molar-refractivity contribution in [1.82, 2.24) is 20.1 Å². The Balaban J connectivity index is 1.60. The summed E-state index contributed by atoms with van der Waals surface area (Å²) in [6.07, 6.45) is 3.88. The summed E-state index contributed by atoms with van der Waals surface area (Å²) < 4.78 is 7.31. The first-order valence-corrected chi connectivity index (χ1v) is 8.42. The second kappa shape index (κ2) is 7.13. The van der Waals surface area contributed by atoms with Crippen molar-refractivity contribution in [2.45, 2.75) is 39.7 Å². The van der Waals surface area contributed by atoms with Gasteiger partial charge in [0.25, 0.3) is 5.91 Å². The molecule has 2 aromatic rings. The van der Waals surface area contributed by atoms with E-state index in [4.69, 9.17) is 4.74 Å². The van der Waals surface area contributed by atoms with Gasteiger partial charge in [-0.2, -0.15) is 5.10 Å². The van der Waals surface area contributed by atoms with E-state index in [0.29, 0.717) is 18.0 Å². The highest BCUT2D eigenvalue weighted by molar-refractivity contribution is 5.93. The van der Waals surface area contributed by atoms with E-state index >= 15 is 0 Å². The van der Waals surface area contributed by atoms with Crippen LogP contribution in [-0.2, 0) is 4.74 Å². The molecule has 0 bridgehead atoms. The minimum Gasteiger partial charge on any atom is -0.378 e. The van der Waals surface area contributed by atoms with Crippen LogP contribution in [0.25, 0.3) is 5.82 Å². The van der Waals surface area contributed by atoms with E-state index in [0.717, 1.165) is 36.7 Å². The van der Waals surface area contributed by atoms with Gasteiger partial charge in [-0.05, 0) is 57.7 Å². The Bertz CT molecular complexity index is 708. The molecular formula is C18H24N4O2. The lowest BCUT2D eigenvalue weighted by Gasteiger charge is -2.27. The van der Waals surface area contributed by atoms with Gasteiger partial charge >= 0.3 is 0 Å². The molecule has 0 radical (unpaired) electrons. The third-order valence-corrected chi connectivity index (χ3v) is 4.38. The van der Waals surface area contributed by atoms with E-state index in [1.807, 2.05) is 26.0 Å². The summed E-state index contributed by atoms with van der Waals surface area (Å²) in [6, 6.07) is 5.61. The molecule has 0 aromatic carbocycles. The molecule has 0 unspecified atom stereocenters. The Morgan fingerprint density at radius 3 is 2.88 bits per heavy atom. The normalized spacial score (nSPS) is 20.8. The second-order valence-corrected chi connectivity index (χ2v) is 6.53. The van der Waals surface area contributed by atoms with Crippen LogP contribution in [-0.4, -0.2) is 39.9 Å². The van der Waals surface area contributed by atoms with Gasteiger partial charge in [-0.25, -0.2) is 9.67 Å². The fraction of sp³-hybridized carbons (Fsp3) is 0.500. The maximum atomic E-state index is 12.3. The lowest BCUT2D eigenvalue weighted by molar-refractivity contribution is 0.00302. The highest BCUT2D eigenvalue weighted by Crippen LogP contribution is 2.19. The number of aromatic nitrogens is 3. The third-order valence-electron chi connectivity index (χ3n) is 4.38. The number of ether oxygens (including phenoxy) is 1. The van der Waals surface area contributed by atoms with Crippen LogP contribution in [0.3, 0.4) is 0 Å². The van der Waals surface area contributed by atoms with Gasteiger partial charge in [0, 0.05) is 25.0 Å². The van der Waals surface area contributed by atoms with E-state index in [9.17, 15) is 4.79 Å². The standard InChI is InChI=1S/C18H24N4O2/c1-12-8-13(2)22(21-12)17-5-4-16(11-19-17)18(23)20-10-15-6-7-24-14(3)9-15/h4-5,8,11,14-15H,6-7,9-10H2,1-3H3,(H,20,23)/t14-,15+/m0/s1. The molecule has 3 heterocycles. The summed E-state index contributed by atoms with van der Waals surface area (Å²) in [5, 5.41) is 7.41. The predicted octanol–water partition coefficient (Wildman–Crippen LogP) is 2.43. The van der Waals surface area contributed by atoms with Crippen molar-refractivity contribution in [3.63, 3.8) is 0 Å². The molecule has 2 aromatic heterocycles. The Kier molecular flexibility index (Phi) is 4.94. The number of nitrogens with one attached hydrogen (secondary N) is 1. The maximum absolute atomic E-state index is 12.3. The number of carbonyl (C=O) groups excluding carboxylic acids is 1. The Labute approximate surface area is 142 Å². The van der Waals surface area contributed by atoms with Crippen LogP contribution in [0.1, 0.15) is 41.5 Å². The van der Waals surface area contributed by atoms with E-state index in [2.05, 4.69) is 22.3 Å². The highest BCUT2D eigenvalue weighted by atomic mass is 16.5. The van der Waals surface area contributed by atoms with Crippen LogP contribution < -0.4 is 5.32 Å². The Hall–Kier alpha value is -2.21. The van der Waals surface area contributed by atoms with Gasteiger partial charge < -0.3 is 10.1 Å². The number of hydrogen-bond donors (Lipinski definition) is 1. The van der Waals surface area contributed by atoms with Gasteiger partial charge in [-0.1, -0.05) is 0 Å². The fourth-order valence-corrected chi connectivity index (χ4v) is 3.12. The van der Waals surface area contributed by atoms with Crippen molar-refractivity contribution in [1.29, 1.82) is 0 Å². The molecule has 1 amide bonds. The molecule has 0 saturated carbocycles. The zero-order chi connectivity index (χ0) is 17.1. The molecule has 1 fully saturated rings. The maximum Gasteiger partial charge on any atom is 0.252 e. The number of aryl methyl sites for hydroxylation is 2. The predicted molar refractivity (Wildman–Crippen MR) is 91.3 cm³/mol. The summed E-state index contributed by atoms with van der Waals surface area (Å²) in [5.74, 6) is 1.12. The van der Waals surface area contributed by atoms with Crippen molar-refractivity contribution < 1.29 is 9.53 Å². The molecule has 1 aliphatic heterocycles. The Morgan fingerprint density at radius 2 is 2.25 bits per heavy atom. The zero-order valence-corrected chi connectivity index (χ0v) is 14.5. The highest BCUT2D eigenvalue weighted by Gasteiger charge is 2.20. The van der Waals surface area contributed by atoms with E-state index < -0.39 is 0 Å². The largest absolute Gasteiger partial charge is 0.378 e. The SMILES string of the molecule is Cc1cc(C)n(-c2ccc(C(=O)NC[C@@H]3CCO[C@@H](C)C3)cn2)n1. The second-order valence-electron chi connectivity index (χ2n) is 6.53. The quantitative estimate of drug-likeness (QED) is 0.936. The van der Waals surface area contributed by atoms with Crippen molar-refractivity contribution in [2.24, 2.45) is 5.92 Å². The average Bonchev–Trinajstić information content (AvgIpc) is 2.91. The van der Waals surface area contributed by atoms with E-state index in [1.54, 1.807) is 16.9 Å². The van der Waals surface area contributed by atoms with Gasteiger partial charge in [-0.3, -0.25) is 4.79 Å². The Morgan fingerprint density at radius 1 is 1.42 bits per heavy atom. The molecule has 1 aliphatic rings. The molecule has 24 heavy (non-hydrogen) atoms. The molecule has 0 aliphatic carbocycles. The first kappa shape index (κ1) is 16.6. The summed E-state index contributed by atoms with van der Waals surface area (Å²) >= 11 is 0. The number of carbonyl (C=O) groups is 1. The van der Waals surface area contributed by atoms with Gasteiger partial charge in [0.1, 0.15) is 0 Å². The van der Waals surface area contributed by atoms with Crippen molar-refractivity contribution >= 4 is 5.91 Å². The number of hydrogen-bond acceptors (Lipinski definition) is 4. The summed E-state index contributed by atoms with van der Waals surface area (Å²) in [7, 11) is 0. The molecule has 3 rings (SSSR count). The minimum absolute atomic E-state index is 0.0819. The fourth-order valence-electron chi connectivity index (χ4n) is 3.12. The summed E-state index contributed by atoms with van der Waals surface area (Å²) in [5.41, 5.74) is 2.54. The molecule has 6 nitrogen and oxygen atoms in total. The molecule has 0 spiro atoms. The number of pyridine rings is 1. The number of rotatable bonds is 4. The van der Waals surface area contributed by atoms with E-state index in [1.165, 1.54) is 0 Å². The van der Waals surface area contributed by atoms with Gasteiger partial charge in [0.05, 0.1) is 17.4 Å². The van der Waals surface area contributed by atoms with Crippen molar-refractivity contribution in [3.05, 3.63) is 41.3 Å². The van der Waals surface area contributed by atoms with Crippen LogP contribution in [0.4, 0.5) is 0 Å². The van der Waals surface area contributed by atoms with Crippen molar-refractivity contribution in [3.8, 4) is 5.82 Å². The van der Waals surface area contributed by atoms with E-state index in [-0.39, 0.29) is 12.0 Å². The monoisotopic (exact) mass is 328 g/mol. The summed E-state index contributed by atoms with van der Waals surface area (Å²) in [6.45, 7) is 7.47. The van der Waals surface area contributed by atoms with Crippen LogP contribution in [0, 0.1) is 19.8 Å². The molecule has 2 atom stereocenters. The number of amides is 1. The van der Waals surface area contributed by atoms with Crippen LogP contribution >= 0.6 is 0 Å². The smallest absolute Gasteiger partial charge is 0.252 e. The molecule has 1 N–H and O–H groups in total. The molecule has 6 heteroatoms. The van der Waals surface area contributed by atoms with Gasteiger partial charge in [0.15, 0.2) is 5.82 Å². The lowest BCUT2D eigenvalue weighted by Crippen LogP contribution is -2.34. The molecule has 128 valence electrons. The summed E-state index contributed by atoms with van der Waals surface area (Å²) in [4.78, 5) is 16.7.